The minimum atomic E-state index is -3.70. The van der Waals surface area contributed by atoms with Crippen LogP contribution in [0.3, 0.4) is 0 Å². The average molecular weight is 422 g/mol. The number of nitrogens with zero attached hydrogens (tertiary/aromatic N) is 2. The van der Waals surface area contributed by atoms with E-state index < -0.39 is 10.2 Å². The van der Waals surface area contributed by atoms with Gasteiger partial charge in [-0.15, -0.1) is 0 Å². The van der Waals surface area contributed by atoms with E-state index in [1.165, 1.54) is 8.61 Å². The normalized spacial score (nSPS) is 17.4. The van der Waals surface area contributed by atoms with Crippen molar-refractivity contribution in [2.75, 3.05) is 25.0 Å². The summed E-state index contributed by atoms with van der Waals surface area (Å²) in [6, 6.07) is 14.6. The molecule has 6 nitrogen and oxygen atoms in total. The average Bonchev–Trinajstić information content (AvgIpc) is 2.67. The van der Waals surface area contributed by atoms with Gasteiger partial charge < -0.3 is 5.32 Å². The number of amides is 1. The van der Waals surface area contributed by atoms with Gasteiger partial charge >= 0.3 is 0 Å². The number of hydrogen-bond acceptors (Lipinski definition) is 3. The highest BCUT2D eigenvalue weighted by Crippen LogP contribution is 2.21. The third kappa shape index (κ3) is 4.91. The van der Waals surface area contributed by atoms with Crippen LogP contribution in [0.2, 0.25) is 5.02 Å². The molecule has 0 bridgehead atoms. The molecule has 3 rings (SSSR count). The van der Waals surface area contributed by atoms with Crippen molar-refractivity contribution in [1.82, 2.24) is 8.61 Å². The van der Waals surface area contributed by atoms with Crippen molar-refractivity contribution in [3.63, 3.8) is 0 Å². The molecule has 0 unspecified atom stereocenters. The summed E-state index contributed by atoms with van der Waals surface area (Å²) in [7, 11) is -3.70. The number of benzene rings is 2. The molecule has 8 heteroatoms. The molecule has 0 spiro atoms. The Balaban J connectivity index is 1.67. The molecule has 2 aromatic carbocycles. The predicted molar refractivity (Wildman–Crippen MR) is 111 cm³/mol. The number of para-hydroxylation sites is 1. The number of halogens is 1. The van der Waals surface area contributed by atoms with Crippen LogP contribution in [0.15, 0.2) is 48.5 Å². The molecule has 1 fully saturated rings. The van der Waals surface area contributed by atoms with E-state index in [4.69, 9.17) is 11.6 Å². The van der Waals surface area contributed by atoms with Crippen LogP contribution in [0.1, 0.15) is 24.5 Å². The van der Waals surface area contributed by atoms with Crippen molar-refractivity contribution in [2.45, 2.75) is 26.3 Å². The van der Waals surface area contributed by atoms with Crippen molar-refractivity contribution < 1.29 is 13.2 Å². The predicted octanol–water partition coefficient (Wildman–Crippen LogP) is 3.29. The van der Waals surface area contributed by atoms with E-state index in [0.717, 1.165) is 23.2 Å². The van der Waals surface area contributed by atoms with Crippen molar-refractivity contribution in [1.29, 1.82) is 0 Å². The van der Waals surface area contributed by atoms with Gasteiger partial charge in [-0.2, -0.15) is 17.0 Å². The van der Waals surface area contributed by atoms with Crippen molar-refractivity contribution in [2.24, 2.45) is 0 Å². The second-order valence-corrected chi connectivity index (χ2v) is 9.08. The van der Waals surface area contributed by atoms with E-state index >= 15 is 0 Å². The molecule has 2 aromatic rings. The lowest BCUT2D eigenvalue weighted by molar-refractivity contribution is -0.116. The Hall–Kier alpha value is -1.93. The molecule has 0 atom stereocenters. The quantitative estimate of drug-likeness (QED) is 0.778. The lowest BCUT2D eigenvalue weighted by Crippen LogP contribution is -2.51. The van der Waals surface area contributed by atoms with Crippen LogP contribution in [-0.2, 0) is 28.0 Å². The molecule has 0 saturated carbocycles. The summed E-state index contributed by atoms with van der Waals surface area (Å²) in [6.45, 7) is 2.84. The van der Waals surface area contributed by atoms with Gasteiger partial charge in [0, 0.05) is 30.3 Å². The second kappa shape index (κ2) is 9.05. The molecule has 28 heavy (non-hydrogen) atoms. The van der Waals surface area contributed by atoms with Crippen LogP contribution in [0.25, 0.3) is 0 Å². The SMILES string of the molecule is CCc1ccccc1NC(=O)CN1CCCN(Cc2ccc(Cl)cc2)S1(=O)=O. The number of carbonyl (C=O) groups is 1. The number of rotatable bonds is 6. The number of aryl methyl sites for hydroxylation is 1. The molecule has 1 amide bonds. The lowest BCUT2D eigenvalue weighted by Gasteiger charge is -2.34. The highest BCUT2D eigenvalue weighted by atomic mass is 35.5. The van der Waals surface area contributed by atoms with Gasteiger partial charge in [0.25, 0.3) is 10.2 Å². The van der Waals surface area contributed by atoms with Crippen LogP contribution in [-0.4, -0.2) is 42.6 Å². The fourth-order valence-electron chi connectivity index (χ4n) is 3.23. The molecule has 1 N–H and O–H groups in total. The Bertz CT molecular complexity index is 932. The summed E-state index contributed by atoms with van der Waals surface area (Å²) in [5.41, 5.74) is 2.60. The van der Waals surface area contributed by atoms with E-state index in [1.807, 2.05) is 43.3 Å². The number of carbonyl (C=O) groups excluding carboxylic acids is 1. The third-order valence-corrected chi connectivity index (χ3v) is 6.91. The van der Waals surface area contributed by atoms with Gasteiger partial charge in [-0.3, -0.25) is 4.79 Å². The highest BCUT2D eigenvalue weighted by molar-refractivity contribution is 7.86. The highest BCUT2D eigenvalue weighted by Gasteiger charge is 2.34. The van der Waals surface area contributed by atoms with Gasteiger partial charge in [0.15, 0.2) is 0 Å². The maximum Gasteiger partial charge on any atom is 0.282 e. The van der Waals surface area contributed by atoms with Gasteiger partial charge in [0.1, 0.15) is 0 Å². The number of anilines is 1. The van der Waals surface area contributed by atoms with Gasteiger partial charge in [-0.05, 0) is 42.2 Å². The fourth-order valence-corrected chi connectivity index (χ4v) is 5.00. The summed E-state index contributed by atoms with van der Waals surface area (Å²) in [4.78, 5) is 12.5. The number of hydrogen-bond donors (Lipinski definition) is 1. The van der Waals surface area contributed by atoms with Gasteiger partial charge in [-0.1, -0.05) is 48.9 Å². The fraction of sp³-hybridized carbons (Fsp3) is 0.350. The Morgan fingerprint density at radius 3 is 2.46 bits per heavy atom. The first-order chi connectivity index (χ1) is 13.4. The molecular formula is C20H24ClN3O3S. The maximum atomic E-state index is 12.9. The summed E-state index contributed by atoms with van der Waals surface area (Å²) in [5, 5.41) is 3.45. The van der Waals surface area contributed by atoms with E-state index in [1.54, 1.807) is 12.1 Å². The van der Waals surface area contributed by atoms with Gasteiger partial charge in [0.2, 0.25) is 5.91 Å². The van der Waals surface area contributed by atoms with Crippen LogP contribution >= 0.6 is 11.6 Å². The Kier molecular flexibility index (Phi) is 6.72. The molecule has 150 valence electrons. The topological polar surface area (TPSA) is 69.7 Å². The zero-order chi connectivity index (χ0) is 20.1. The van der Waals surface area contributed by atoms with E-state index in [2.05, 4.69) is 5.32 Å². The summed E-state index contributed by atoms with van der Waals surface area (Å²) >= 11 is 5.89. The largest absolute Gasteiger partial charge is 0.325 e. The first-order valence-corrected chi connectivity index (χ1v) is 11.0. The molecule has 0 aromatic heterocycles. The van der Waals surface area contributed by atoms with Crippen molar-refractivity contribution >= 4 is 33.4 Å². The Labute approximate surface area is 171 Å². The van der Waals surface area contributed by atoms with Gasteiger partial charge in [-0.25, -0.2) is 0 Å². The van der Waals surface area contributed by atoms with E-state index in [0.29, 0.717) is 24.5 Å². The summed E-state index contributed by atoms with van der Waals surface area (Å²) < 4.78 is 28.5. The second-order valence-electron chi connectivity index (χ2n) is 6.71. The lowest BCUT2D eigenvalue weighted by atomic mass is 10.1. The first kappa shape index (κ1) is 20.8. The molecule has 1 aliphatic heterocycles. The van der Waals surface area contributed by atoms with Crippen molar-refractivity contribution in [3.8, 4) is 0 Å². The van der Waals surface area contributed by atoms with Crippen LogP contribution < -0.4 is 5.32 Å². The monoisotopic (exact) mass is 421 g/mol. The van der Waals surface area contributed by atoms with Crippen LogP contribution in [0.4, 0.5) is 5.69 Å². The molecule has 0 aliphatic carbocycles. The minimum Gasteiger partial charge on any atom is -0.325 e. The van der Waals surface area contributed by atoms with Crippen LogP contribution in [0, 0.1) is 0 Å². The number of nitrogens with one attached hydrogen (secondary N) is 1. The molecule has 1 aliphatic rings. The molecule has 1 saturated heterocycles. The summed E-state index contributed by atoms with van der Waals surface area (Å²) in [6.07, 6.45) is 1.46. The Morgan fingerprint density at radius 2 is 1.75 bits per heavy atom. The molecular weight excluding hydrogens is 398 g/mol. The standard InChI is InChI=1S/C20H24ClN3O3S/c1-2-17-6-3-4-7-19(17)22-20(25)15-24-13-5-12-23(28(24,26)27)14-16-8-10-18(21)11-9-16/h3-4,6-11H,2,5,12-15H2,1H3,(H,22,25). The summed E-state index contributed by atoms with van der Waals surface area (Å²) in [5.74, 6) is -0.335. The molecule has 1 heterocycles. The minimum absolute atomic E-state index is 0.197. The van der Waals surface area contributed by atoms with Crippen LogP contribution in [0.5, 0.6) is 0 Å². The first-order valence-electron chi connectivity index (χ1n) is 9.27. The smallest absolute Gasteiger partial charge is 0.282 e. The zero-order valence-corrected chi connectivity index (χ0v) is 17.3. The third-order valence-electron chi connectivity index (χ3n) is 4.73. The van der Waals surface area contributed by atoms with E-state index in [9.17, 15) is 13.2 Å². The Morgan fingerprint density at radius 1 is 1.07 bits per heavy atom. The maximum absolute atomic E-state index is 12.9. The van der Waals surface area contributed by atoms with Gasteiger partial charge in [0.05, 0.1) is 6.54 Å². The zero-order valence-electron chi connectivity index (χ0n) is 15.8. The van der Waals surface area contributed by atoms with Crippen molar-refractivity contribution in [3.05, 3.63) is 64.7 Å². The molecule has 0 radical (unpaired) electrons. The van der Waals surface area contributed by atoms with E-state index in [-0.39, 0.29) is 19.0 Å².